The van der Waals surface area contributed by atoms with Crippen LogP contribution in [0.4, 0.5) is 11.6 Å². The molecule has 0 aliphatic rings. The lowest BCUT2D eigenvalue weighted by Crippen LogP contribution is -2.12. The minimum absolute atomic E-state index is 0.436. The minimum Gasteiger partial charge on any atom is -0.493 e. The van der Waals surface area contributed by atoms with Crippen LogP contribution in [0.25, 0.3) is 11.4 Å². The maximum Gasteiger partial charge on any atom is 0.203 e. The van der Waals surface area contributed by atoms with Crippen LogP contribution in [0, 0.1) is 13.8 Å². The van der Waals surface area contributed by atoms with Gasteiger partial charge in [0.15, 0.2) is 11.5 Å². The van der Waals surface area contributed by atoms with Gasteiger partial charge in [-0.25, -0.2) is 9.36 Å². The van der Waals surface area contributed by atoms with Crippen LogP contribution in [0.5, 0.6) is 17.2 Å². The fraction of sp³-hybridized carbons (Fsp3) is 0.200. The van der Waals surface area contributed by atoms with Gasteiger partial charge in [-0.1, -0.05) is 36.4 Å². The van der Waals surface area contributed by atoms with Gasteiger partial charge in [0.1, 0.15) is 11.6 Å². The lowest BCUT2D eigenvalue weighted by Gasteiger charge is -2.22. The number of aromatic nitrogens is 4. The summed E-state index contributed by atoms with van der Waals surface area (Å²) in [6.07, 6.45) is 0. The largest absolute Gasteiger partial charge is 0.493 e. The van der Waals surface area contributed by atoms with Crippen molar-refractivity contribution in [2.45, 2.75) is 19.8 Å². The first kappa shape index (κ1) is 25.7. The number of methoxy groups -OCH3 is 3. The Hall–Kier alpha value is -4.92. The van der Waals surface area contributed by atoms with Gasteiger partial charge in [0.05, 0.1) is 44.1 Å². The Labute approximate surface area is 227 Å². The number of rotatable bonds is 8. The van der Waals surface area contributed by atoms with Gasteiger partial charge < -0.3 is 25.7 Å². The summed E-state index contributed by atoms with van der Waals surface area (Å²) in [6.45, 7) is 3.90. The van der Waals surface area contributed by atoms with E-state index in [2.05, 4.69) is 0 Å². The highest BCUT2D eigenvalue weighted by Crippen LogP contribution is 2.47. The summed E-state index contributed by atoms with van der Waals surface area (Å²) >= 11 is 0. The number of hydrogen-bond donors (Lipinski definition) is 2. The van der Waals surface area contributed by atoms with E-state index in [1.165, 1.54) is 0 Å². The van der Waals surface area contributed by atoms with Crippen molar-refractivity contribution in [3.05, 3.63) is 101 Å². The molecule has 0 aliphatic carbocycles. The van der Waals surface area contributed by atoms with Crippen molar-refractivity contribution in [3.8, 4) is 28.6 Å². The van der Waals surface area contributed by atoms with Crippen molar-refractivity contribution in [1.82, 2.24) is 19.6 Å². The van der Waals surface area contributed by atoms with Gasteiger partial charge in [-0.15, -0.1) is 0 Å². The first-order valence-electron chi connectivity index (χ1n) is 12.5. The molecule has 200 valence electrons. The molecule has 9 heteroatoms. The van der Waals surface area contributed by atoms with E-state index >= 15 is 0 Å². The second kappa shape index (κ2) is 10.4. The van der Waals surface area contributed by atoms with Crippen LogP contribution in [-0.2, 0) is 0 Å². The Morgan fingerprint density at radius 2 is 1.05 bits per heavy atom. The number of ether oxygens (including phenoxy) is 3. The molecule has 39 heavy (non-hydrogen) atoms. The number of nitrogen functional groups attached to an aromatic ring is 2. The monoisotopic (exact) mass is 524 g/mol. The molecule has 0 aliphatic heterocycles. The molecule has 0 unspecified atom stereocenters. The lowest BCUT2D eigenvalue weighted by atomic mass is 9.84. The van der Waals surface area contributed by atoms with Crippen molar-refractivity contribution in [2.24, 2.45) is 0 Å². The van der Waals surface area contributed by atoms with Crippen LogP contribution >= 0.6 is 0 Å². The minimum atomic E-state index is -0.436. The third-order valence-corrected chi connectivity index (χ3v) is 6.89. The van der Waals surface area contributed by atoms with E-state index in [1.807, 2.05) is 86.6 Å². The molecule has 0 fully saturated rings. The molecule has 5 aromatic rings. The molecule has 0 spiro atoms. The van der Waals surface area contributed by atoms with Crippen LogP contribution in [0.1, 0.15) is 34.0 Å². The van der Waals surface area contributed by atoms with Crippen molar-refractivity contribution >= 4 is 11.6 Å². The van der Waals surface area contributed by atoms with E-state index in [1.54, 1.807) is 30.7 Å². The summed E-state index contributed by atoms with van der Waals surface area (Å²) < 4.78 is 20.5. The number of hydrogen-bond acceptors (Lipinski definition) is 7. The van der Waals surface area contributed by atoms with Crippen LogP contribution in [0.2, 0.25) is 0 Å². The average Bonchev–Trinajstić information content (AvgIpc) is 3.43. The molecule has 0 bridgehead atoms. The van der Waals surface area contributed by atoms with E-state index in [-0.39, 0.29) is 0 Å². The topological polar surface area (TPSA) is 115 Å². The molecule has 2 heterocycles. The molecule has 0 radical (unpaired) electrons. The molecule has 0 amide bonds. The predicted octanol–water partition coefficient (Wildman–Crippen LogP) is 5.05. The van der Waals surface area contributed by atoms with E-state index in [4.69, 9.17) is 35.9 Å². The van der Waals surface area contributed by atoms with Crippen LogP contribution in [0.15, 0.2) is 72.8 Å². The van der Waals surface area contributed by atoms with E-state index in [0.717, 1.165) is 39.5 Å². The molecular weight excluding hydrogens is 492 g/mol. The highest BCUT2D eigenvalue weighted by Gasteiger charge is 2.33. The Bertz CT molecular complexity index is 1490. The fourth-order valence-electron chi connectivity index (χ4n) is 5.11. The number of para-hydroxylation sites is 2. The smallest absolute Gasteiger partial charge is 0.203 e. The molecular formula is C30H32N6O3. The summed E-state index contributed by atoms with van der Waals surface area (Å²) in [5.41, 5.74) is 19.5. The second-order valence-corrected chi connectivity index (χ2v) is 9.16. The number of anilines is 2. The SMILES string of the molecule is COc1cc(C(c2c(C)nn(-c3ccccc3)c2N)c2c(C)nn(-c3ccccc3)c2N)cc(OC)c1OC. The molecule has 3 aromatic carbocycles. The Morgan fingerprint density at radius 3 is 1.41 bits per heavy atom. The van der Waals surface area contributed by atoms with Crippen molar-refractivity contribution in [3.63, 3.8) is 0 Å². The highest BCUT2D eigenvalue weighted by atomic mass is 16.5. The van der Waals surface area contributed by atoms with E-state index in [9.17, 15) is 0 Å². The Morgan fingerprint density at radius 1 is 0.641 bits per heavy atom. The van der Waals surface area contributed by atoms with E-state index < -0.39 is 5.92 Å². The summed E-state index contributed by atoms with van der Waals surface area (Å²) in [5, 5.41) is 9.66. The zero-order valence-corrected chi connectivity index (χ0v) is 22.7. The van der Waals surface area contributed by atoms with Crippen LogP contribution in [0.3, 0.4) is 0 Å². The normalized spacial score (nSPS) is 11.1. The number of nitrogens with zero attached hydrogens (tertiary/aromatic N) is 4. The molecule has 0 atom stereocenters. The first-order chi connectivity index (χ1) is 18.9. The summed E-state index contributed by atoms with van der Waals surface area (Å²) in [7, 11) is 4.77. The molecule has 4 N–H and O–H groups in total. The summed E-state index contributed by atoms with van der Waals surface area (Å²) in [4.78, 5) is 0. The number of nitrogens with two attached hydrogens (primary N) is 2. The van der Waals surface area contributed by atoms with Crippen molar-refractivity contribution in [2.75, 3.05) is 32.8 Å². The van der Waals surface area contributed by atoms with Gasteiger partial charge in [0, 0.05) is 17.0 Å². The van der Waals surface area contributed by atoms with Crippen molar-refractivity contribution < 1.29 is 14.2 Å². The standard InChI is InChI=1S/C30H32N6O3/c1-18-25(29(31)35(33-18)21-12-8-6-9-13-21)27(20-16-23(37-3)28(39-5)24(17-20)38-4)26-19(2)34-36(30(26)32)22-14-10-7-11-15-22/h6-17,27H,31-32H2,1-5H3. The second-order valence-electron chi connectivity index (χ2n) is 9.16. The zero-order valence-electron chi connectivity index (χ0n) is 22.7. The van der Waals surface area contributed by atoms with Gasteiger partial charge in [-0.05, 0) is 55.8 Å². The quantitative estimate of drug-likeness (QED) is 0.292. The summed E-state index contributed by atoms with van der Waals surface area (Å²) in [6, 6.07) is 23.4. The van der Waals surface area contributed by atoms with Gasteiger partial charge in [-0.2, -0.15) is 10.2 Å². The van der Waals surface area contributed by atoms with Crippen LogP contribution < -0.4 is 25.7 Å². The Balaban J connectivity index is 1.81. The molecule has 2 aromatic heterocycles. The lowest BCUT2D eigenvalue weighted by molar-refractivity contribution is 0.323. The predicted molar refractivity (Wildman–Crippen MR) is 152 cm³/mol. The first-order valence-corrected chi connectivity index (χ1v) is 12.5. The molecule has 9 nitrogen and oxygen atoms in total. The number of aryl methyl sites for hydroxylation is 2. The van der Waals surface area contributed by atoms with Gasteiger partial charge in [0.25, 0.3) is 0 Å². The summed E-state index contributed by atoms with van der Waals surface area (Å²) in [5.74, 6) is 2.11. The molecule has 0 saturated carbocycles. The van der Waals surface area contributed by atoms with Crippen LogP contribution in [-0.4, -0.2) is 40.9 Å². The van der Waals surface area contributed by atoms with Gasteiger partial charge in [0.2, 0.25) is 5.75 Å². The zero-order chi connectivity index (χ0) is 27.7. The maximum absolute atomic E-state index is 6.87. The van der Waals surface area contributed by atoms with Gasteiger partial charge >= 0.3 is 0 Å². The molecule has 5 rings (SSSR count). The third kappa shape index (κ3) is 4.41. The Kier molecular flexibility index (Phi) is 6.89. The van der Waals surface area contributed by atoms with Crippen molar-refractivity contribution in [1.29, 1.82) is 0 Å². The maximum atomic E-state index is 6.87. The van der Waals surface area contributed by atoms with Gasteiger partial charge in [-0.3, -0.25) is 0 Å². The molecule has 0 saturated heterocycles. The average molecular weight is 525 g/mol. The highest BCUT2D eigenvalue weighted by molar-refractivity contribution is 5.66. The fourth-order valence-corrected chi connectivity index (χ4v) is 5.11. The third-order valence-electron chi connectivity index (χ3n) is 6.89. The number of benzene rings is 3. The van der Waals surface area contributed by atoms with E-state index in [0.29, 0.717) is 28.9 Å².